The second-order valence-corrected chi connectivity index (χ2v) is 9.93. The van der Waals surface area contributed by atoms with E-state index in [9.17, 15) is 9.59 Å². The molecule has 3 aromatic rings. The Labute approximate surface area is 210 Å². The lowest BCUT2D eigenvalue weighted by atomic mass is 10.0. The van der Waals surface area contributed by atoms with Crippen molar-refractivity contribution in [3.05, 3.63) is 57.4 Å². The third-order valence-corrected chi connectivity index (χ3v) is 7.55. The summed E-state index contributed by atoms with van der Waals surface area (Å²) in [4.78, 5) is 25.8. The van der Waals surface area contributed by atoms with Crippen LogP contribution in [0.25, 0.3) is 11.3 Å². The van der Waals surface area contributed by atoms with Gasteiger partial charge in [-0.25, -0.2) is 4.79 Å². The van der Waals surface area contributed by atoms with E-state index in [2.05, 4.69) is 15.4 Å². The normalized spacial score (nSPS) is 23.3. The Hall–Kier alpha value is -3.01. The fourth-order valence-electron chi connectivity index (χ4n) is 5.09. The number of piperidine rings is 1. The van der Waals surface area contributed by atoms with Crippen molar-refractivity contribution in [2.24, 2.45) is 5.92 Å². The number of rotatable bonds is 7. The van der Waals surface area contributed by atoms with Gasteiger partial charge in [0.05, 0.1) is 28.7 Å². The van der Waals surface area contributed by atoms with Crippen LogP contribution in [0, 0.1) is 5.92 Å². The first-order valence-corrected chi connectivity index (χ1v) is 12.1. The maximum atomic E-state index is 13.1. The Morgan fingerprint density at radius 1 is 1.14 bits per heavy atom. The Morgan fingerprint density at radius 3 is 2.54 bits per heavy atom. The van der Waals surface area contributed by atoms with Crippen molar-refractivity contribution in [1.29, 1.82) is 0 Å². The number of fused-ring (bicyclic) bond motifs is 2. The molecule has 1 saturated heterocycles. The van der Waals surface area contributed by atoms with Crippen LogP contribution in [0.5, 0.6) is 0 Å². The van der Waals surface area contributed by atoms with Crippen LogP contribution < -0.4 is 4.90 Å². The topological polar surface area (TPSA) is 119 Å². The number of carbonyl (C=O) groups is 2. The van der Waals surface area contributed by atoms with E-state index in [-0.39, 0.29) is 36.3 Å². The van der Waals surface area contributed by atoms with Crippen molar-refractivity contribution < 1.29 is 24.0 Å². The molecule has 2 aliphatic carbocycles. The molecule has 180 valence electrons. The molecule has 0 unspecified atom stereocenters. The molecule has 6 rings (SSSR count). The number of anilines is 1. The first-order valence-electron chi connectivity index (χ1n) is 11.4. The number of hydrogen-bond acceptors (Lipinski definition) is 7. The molecule has 1 aromatic carbocycles. The highest BCUT2D eigenvalue weighted by Crippen LogP contribution is 2.47. The van der Waals surface area contributed by atoms with Crippen LogP contribution in [0.1, 0.15) is 53.4 Å². The Bertz CT molecular complexity index is 1300. The first kappa shape index (κ1) is 22.5. The molecule has 0 spiro atoms. The van der Waals surface area contributed by atoms with Crippen molar-refractivity contribution in [3.8, 4) is 11.3 Å². The number of halogens is 2. The van der Waals surface area contributed by atoms with E-state index < -0.39 is 5.97 Å². The number of benzene rings is 1. The van der Waals surface area contributed by atoms with Crippen molar-refractivity contribution in [2.75, 3.05) is 4.90 Å². The monoisotopic (exact) mass is 514 g/mol. The predicted molar refractivity (Wildman–Crippen MR) is 126 cm³/mol. The zero-order chi connectivity index (χ0) is 24.3. The SMILES string of the molecule is O=C(O)c1ccc(N2C(=O)[C@@H]3C[C@H]2C[C@H]3OCc2c(-c3c(Cl)cccc3Cl)noc2C2CC2)nn1. The molecule has 3 heterocycles. The standard InChI is InChI=1S/C24H20Cl2N4O5/c25-15-2-1-3-16(26)20(15)21-14(22(35-29-21)11-4-5-11)10-34-18-9-12-8-13(18)23(31)30(12)19-7-6-17(24(32)33)27-28-19/h1-3,6-7,11-13,18H,4-5,8-10H2,(H,32,33)/t12-,13+,18+/m0/s1. The number of amides is 1. The van der Waals surface area contributed by atoms with E-state index in [1.165, 1.54) is 12.1 Å². The molecule has 3 atom stereocenters. The van der Waals surface area contributed by atoms with Crippen LogP contribution >= 0.6 is 23.2 Å². The van der Waals surface area contributed by atoms with Gasteiger partial charge in [0, 0.05) is 23.1 Å². The van der Waals surface area contributed by atoms with Crippen LogP contribution in [-0.4, -0.2) is 44.5 Å². The van der Waals surface area contributed by atoms with Gasteiger partial charge in [-0.3, -0.25) is 9.69 Å². The fourth-order valence-corrected chi connectivity index (χ4v) is 5.67. The molecular weight excluding hydrogens is 495 g/mol. The molecule has 35 heavy (non-hydrogen) atoms. The molecule has 9 nitrogen and oxygen atoms in total. The average Bonchev–Trinajstić information content (AvgIpc) is 3.34. The van der Waals surface area contributed by atoms with Gasteiger partial charge in [-0.05, 0) is 49.9 Å². The summed E-state index contributed by atoms with van der Waals surface area (Å²) < 4.78 is 12.0. The summed E-state index contributed by atoms with van der Waals surface area (Å²) in [6, 6.07) is 8.08. The molecule has 11 heteroatoms. The van der Waals surface area contributed by atoms with E-state index in [0.717, 1.165) is 24.2 Å². The quantitative estimate of drug-likeness (QED) is 0.480. The second-order valence-electron chi connectivity index (χ2n) is 9.12. The average molecular weight is 515 g/mol. The van der Waals surface area contributed by atoms with Crippen molar-refractivity contribution in [1.82, 2.24) is 15.4 Å². The van der Waals surface area contributed by atoms with Gasteiger partial charge in [0.2, 0.25) is 5.91 Å². The van der Waals surface area contributed by atoms with Crippen LogP contribution in [0.4, 0.5) is 5.82 Å². The molecule has 0 radical (unpaired) electrons. The molecule has 2 aromatic heterocycles. The lowest BCUT2D eigenvalue weighted by Crippen LogP contribution is -2.43. The number of hydrogen-bond donors (Lipinski definition) is 1. The summed E-state index contributed by atoms with van der Waals surface area (Å²) in [7, 11) is 0. The molecule has 1 N–H and O–H groups in total. The van der Waals surface area contributed by atoms with Gasteiger partial charge >= 0.3 is 5.97 Å². The molecule has 2 saturated carbocycles. The summed E-state index contributed by atoms with van der Waals surface area (Å²) in [6.45, 7) is 0.237. The maximum absolute atomic E-state index is 13.1. The smallest absolute Gasteiger partial charge is 0.356 e. The van der Waals surface area contributed by atoms with E-state index in [4.69, 9.17) is 37.6 Å². The van der Waals surface area contributed by atoms with Gasteiger partial charge in [-0.15, -0.1) is 10.2 Å². The lowest BCUT2D eigenvalue weighted by molar-refractivity contribution is -0.126. The fraction of sp³-hybridized carbons (Fsp3) is 0.375. The molecule has 3 aliphatic rings. The molecule has 1 amide bonds. The van der Waals surface area contributed by atoms with Gasteiger partial charge in [0.25, 0.3) is 0 Å². The number of carboxylic acids is 1. The van der Waals surface area contributed by atoms with Gasteiger partial charge in [0.1, 0.15) is 11.5 Å². The van der Waals surface area contributed by atoms with E-state index >= 15 is 0 Å². The number of nitrogens with zero attached hydrogens (tertiary/aromatic N) is 4. The van der Waals surface area contributed by atoms with Crippen LogP contribution in [0.15, 0.2) is 34.9 Å². The number of carbonyl (C=O) groups excluding carboxylic acids is 1. The Morgan fingerprint density at radius 2 is 1.91 bits per heavy atom. The van der Waals surface area contributed by atoms with Crippen LogP contribution in [-0.2, 0) is 16.1 Å². The summed E-state index contributed by atoms with van der Waals surface area (Å²) in [6.07, 6.45) is 3.09. The van der Waals surface area contributed by atoms with E-state index in [1.54, 1.807) is 23.1 Å². The summed E-state index contributed by atoms with van der Waals surface area (Å²) in [5.74, 6) is -0.107. The van der Waals surface area contributed by atoms with Gasteiger partial charge in [-0.2, -0.15) is 0 Å². The minimum Gasteiger partial charge on any atom is -0.476 e. The highest BCUT2D eigenvalue weighted by atomic mass is 35.5. The number of aromatic carboxylic acids is 1. The third-order valence-electron chi connectivity index (χ3n) is 6.92. The summed E-state index contributed by atoms with van der Waals surface area (Å²) >= 11 is 12.9. The Balaban J connectivity index is 1.21. The first-order chi connectivity index (χ1) is 16.9. The zero-order valence-electron chi connectivity index (χ0n) is 18.4. The van der Waals surface area contributed by atoms with Crippen LogP contribution in [0.3, 0.4) is 0 Å². The number of carboxylic acid groups (broad SMARTS) is 1. The molecular formula is C24H20Cl2N4O5. The second kappa shape index (κ2) is 8.58. The number of ether oxygens (including phenoxy) is 1. The molecule has 3 fully saturated rings. The summed E-state index contributed by atoms with van der Waals surface area (Å²) in [5.41, 5.74) is 1.85. The van der Waals surface area contributed by atoms with Gasteiger partial charge < -0.3 is 14.4 Å². The largest absolute Gasteiger partial charge is 0.476 e. The molecule has 2 bridgehead atoms. The highest BCUT2D eigenvalue weighted by Gasteiger charge is 2.52. The third kappa shape index (κ3) is 3.87. The minimum absolute atomic E-state index is 0.0784. The maximum Gasteiger partial charge on any atom is 0.356 e. The van der Waals surface area contributed by atoms with Crippen molar-refractivity contribution >= 4 is 40.9 Å². The highest BCUT2D eigenvalue weighted by molar-refractivity contribution is 6.39. The Kier molecular flexibility index (Phi) is 5.51. The van der Waals surface area contributed by atoms with E-state index in [1.807, 2.05) is 0 Å². The van der Waals surface area contributed by atoms with Gasteiger partial charge in [0.15, 0.2) is 11.5 Å². The molecule has 1 aliphatic heterocycles. The van der Waals surface area contributed by atoms with Gasteiger partial charge in [-0.1, -0.05) is 34.4 Å². The minimum atomic E-state index is -1.16. The zero-order valence-corrected chi connectivity index (χ0v) is 19.9. The van der Waals surface area contributed by atoms with Crippen molar-refractivity contribution in [3.63, 3.8) is 0 Å². The lowest BCUT2D eigenvalue weighted by Gasteiger charge is -2.30. The van der Waals surface area contributed by atoms with Crippen LogP contribution in [0.2, 0.25) is 10.0 Å². The van der Waals surface area contributed by atoms with E-state index in [0.29, 0.717) is 45.9 Å². The number of aromatic nitrogens is 3. The summed E-state index contributed by atoms with van der Waals surface area (Å²) in [5, 5.41) is 21.9. The van der Waals surface area contributed by atoms with Crippen molar-refractivity contribution in [2.45, 2.75) is 50.4 Å². The predicted octanol–water partition coefficient (Wildman–Crippen LogP) is 4.72.